The Balaban J connectivity index is 1.84. The van der Waals surface area contributed by atoms with E-state index in [9.17, 15) is 14.0 Å². The van der Waals surface area contributed by atoms with Crippen LogP contribution in [0.3, 0.4) is 0 Å². The van der Waals surface area contributed by atoms with Crippen molar-refractivity contribution in [3.8, 4) is 0 Å². The van der Waals surface area contributed by atoms with Gasteiger partial charge in [-0.05, 0) is 37.6 Å². The van der Waals surface area contributed by atoms with Crippen LogP contribution in [0.5, 0.6) is 0 Å². The van der Waals surface area contributed by atoms with Gasteiger partial charge in [0.1, 0.15) is 11.3 Å². The van der Waals surface area contributed by atoms with Crippen LogP contribution in [0, 0.1) is 19.7 Å². The molecule has 0 bridgehead atoms. The number of halogens is 1. The number of hydrogen-bond donors (Lipinski definition) is 2. The third-order valence-electron chi connectivity index (χ3n) is 4.09. The van der Waals surface area contributed by atoms with Gasteiger partial charge in [0, 0.05) is 25.2 Å². The van der Waals surface area contributed by atoms with Crippen molar-refractivity contribution in [2.24, 2.45) is 0 Å². The molecule has 6 nitrogen and oxygen atoms in total. The Kier molecular flexibility index (Phi) is 5.12. The summed E-state index contributed by atoms with van der Waals surface area (Å²) in [7, 11) is 0. The fourth-order valence-electron chi connectivity index (χ4n) is 2.71. The van der Waals surface area contributed by atoms with Crippen molar-refractivity contribution >= 4 is 28.5 Å². The summed E-state index contributed by atoms with van der Waals surface area (Å²) in [5.74, 6) is -1.16. The van der Waals surface area contributed by atoms with Crippen LogP contribution in [-0.2, 0) is 11.3 Å². The lowest BCUT2D eigenvalue weighted by atomic mass is 10.1. The molecule has 1 heterocycles. The van der Waals surface area contributed by atoms with Gasteiger partial charge in [-0.15, -0.1) is 0 Å². The summed E-state index contributed by atoms with van der Waals surface area (Å²) in [5, 5.41) is 5.45. The summed E-state index contributed by atoms with van der Waals surface area (Å²) >= 11 is 0. The summed E-state index contributed by atoms with van der Waals surface area (Å²) in [5.41, 5.74) is 3.66. The topological polar surface area (TPSA) is 84.0 Å². The van der Waals surface area contributed by atoms with E-state index in [0.29, 0.717) is 28.1 Å². The van der Waals surface area contributed by atoms with Crippen LogP contribution in [0.4, 0.5) is 10.1 Å². The van der Waals surface area contributed by atoms with E-state index in [1.807, 2.05) is 6.07 Å². The fraction of sp³-hybridized carbons (Fsp3) is 0.200. The Hall–Kier alpha value is -3.35. The molecule has 138 valence electrons. The summed E-state index contributed by atoms with van der Waals surface area (Å²) in [6.07, 6.45) is 0. The van der Waals surface area contributed by atoms with Crippen LogP contribution < -0.4 is 10.6 Å². The maximum Gasteiger partial charge on any atom is 0.253 e. The fourth-order valence-corrected chi connectivity index (χ4v) is 2.71. The van der Waals surface area contributed by atoms with E-state index in [-0.39, 0.29) is 18.0 Å². The summed E-state index contributed by atoms with van der Waals surface area (Å²) in [6.45, 7) is 5.23. The molecule has 0 saturated carbocycles. The van der Waals surface area contributed by atoms with Crippen molar-refractivity contribution < 1.29 is 14.0 Å². The van der Waals surface area contributed by atoms with Crippen molar-refractivity contribution in [1.29, 1.82) is 0 Å². The molecular formula is C20H19FN4O2. The predicted molar refractivity (Wildman–Crippen MR) is 101 cm³/mol. The number of hydrogen-bond acceptors (Lipinski definition) is 4. The van der Waals surface area contributed by atoms with Crippen molar-refractivity contribution in [2.45, 2.75) is 27.3 Å². The van der Waals surface area contributed by atoms with Gasteiger partial charge in [-0.3, -0.25) is 9.59 Å². The van der Waals surface area contributed by atoms with Gasteiger partial charge in [0.05, 0.1) is 22.5 Å². The Morgan fingerprint density at radius 2 is 1.81 bits per heavy atom. The highest BCUT2D eigenvalue weighted by Crippen LogP contribution is 2.19. The molecule has 27 heavy (non-hydrogen) atoms. The zero-order valence-corrected chi connectivity index (χ0v) is 15.3. The second kappa shape index (κ2) is 7.49. The first-order chi connectivity index (χ1) is 12.8. The van der Waals surface area contributed by atoms with Crippen LogP contribution in [-0.4, -0.2) is 21.8 Å². The Bertz CT molecular complexity index is 1050. The Morgan fingerprint density at radius 3 is 2.56 bits per heavy atom. The number of anilines is 1. The predicted octanol–water partition coefficient (Wildman–Crippen LogP) is 3.27. The Labute approximate surface area is 155 Å². The maximum atomic E-state index is 13.9. The zero-order valence-electron chi connectivity index (χ0n) is 15.3. The minimum atomic E-state index is -0.544. The second-order valence-corrected chi connectivity index (χ2v) is 6.28. The molecule has 3 aromatic rings. The molecular weight excluding hydrogens is 347 g/mol. The van der Waals surface area contributed by atoms with Gasteiger partial charge in [-0.1, -0.05) is 12.1 Å². The normalized spacial score (nSPS) is 10.7. The third-order valence-corrected chi connectivity index (χ3v) is 4.09. The quantitative estimate of drug-likeness (QED) is 0.742. The van der Waals surface area contributed by atoms with Crippen LogP contribution in [0.2, 0.25) is 0 Å². The van der Waals surface area contributed by atoms with Gasteiger partial charge < -0.3 is 10.6 Å². The first kappa shape index (κ1) is 18.4. The van der Waals surface area contributed by atoms with E-state index in [2.05, 4.69) is 20.6 Å². The molecule has 0 atom stereocenters. The average molecular weight is 366 g/mol. The molecule has 0 aliphatic carbocycles. The molecule has 1 aromatic heterocycles. The van der Waals surface area contributed by atoms with Crippen molar-refractivity contribution in [2.75, 3.05) is 5.32 Å². The molecule has 2 N–H and O–H groups in total. The van der Waals surface area contributed by atoms with E-state index >= 15 is 0 Å². The number of benzene rings is 2. The van der Waals surface area contributed by atoms with Gasteiger partial charge in [0.25, 0.3) is 5.91 Å². The lowest BCUT2D eigenvalue weighted by Gasteiger charge is -2.10. The maximum absolute atomic E-state index is 13.9. The monoisotopic (exact) mass is 366 g/mol. The van der Waals surface area contributed by atoms with E-state index in [1.165, 1.54) is 13.0 Å². The van der Waals surface area contributed by atoms with Crippen LogP contribution in [0.15, 0.2) is 36.4 Å². The zero-order chi connectivity index (χ0) is 19.6. The van der Waals surface area contributed by atoms with E-state index in [1.54, 1.807) is 32.0 Å². The first-order valence-electron chi connectivity index (χ1n) is 8.42. The van der Waals surface area contributed by atoms with Crippen molar-refractivity contribution in [3.63, 3.8) is 0 Å². The number of carbonyl (C=O) groups is 2. The number of rotatable bonds is 4. The highest BCUT2D eigenvalue weighted by atomic mass is 19.1. The van der Waals surface area contributed by atoms with Gasteiger partial charge in [-0.25, -0.2) is 14.4 Å². The number of aromatic nitrogens is 2. The summed E-state index contributed by atoms with van der Waals surface area (Å²) in [6, 6.07) is 9.55. The molecule has 0 unspecified atom stereocenters. The Morgan fingerprint density at radius 1 is 1.07 bits per heavy atom. The molecule has 2 aromatic carbocycles. The van der Waals surface area contributed by atoms with Gasteiger partial charge in [0.2, 0.25) is 5.91 Å². The largest absolute Gasteiger partial charge is 0.348 e. The molecule has 0 aliphatic heterocycles. The highest BCUT2D eigenvalue weighted by Gasteiger charge is 2.15. The van der Waals surface area contributed by atoms with Crippen LogP contribution in [0.1, 0.15) is 34.2 Å². The summed E-state index contributed by atoms with van der Waals surface area (Å²) in [4.78, 5) is 32.5. The van der Waals surface area contributed by atoms with E-state index in [0.717, 1.165) is 11.6 Å². The molecule has 0 saturated heterocycles. The van der Waals surface area contributed by atoms with Crippen LogP contribution >= 0.6 is 0 Å². The molecule has 7 heteroatoms. The smallest absolute Gasteiger partial charge is 0.253 e. The highest BCUT2D eigenvalue weighted by molar-refractivity contribution is 6.04. The van der Waals surface area contributed by atoms with E-state index < -0.39 is 11.7 Å². The standard InChI is InChI=1S/C20H19FN4O2/c1-11-12(2)24-19-17(8-15(21)9-18(19)23-11)20(27)22-10-14-5-4-6-16(7-14)25-13(3)26/h4-9H,10H2,1-3H3,(H,22,27)(H,25,26). The van der Waals surface area contributed by atoms with Crippen molar-refractivity contribution in [3.05, 3.63) is 64.7 Å². The minimum Gasteiger partial charge on any atom is -0.348 e. The minimum absolute atomic E-state index is 0.138. The molecule has 0 fully saturated rings. The molecule has 0 radical (unpaired) electrons. The SMILES string of the molecule is CC(=O)Nc1cccc(CNC(=O)c2cc(F)cc3nc(C)c(C)nc23)c1. The van der Waals surface area contributed by atoms with Crippen molar-refractivity contribution in [1.82, 2.24) is 15.3 Å². The lowest BCUT2D eigenvalue weighted by Crippen LogP contribution is -2.23. The molecule has 2 amide bonds. The number of nitrogens with zero attached hydrogens (tertiary/aromatic N) is 2. The third kappa shape index (κ3) is 4.25. The lowest BCUT2D eigenvalue weighted by molar-refractivity contribution is -0.114. The number of fused-ring (bicyclic) bond motifs is 1. The summed E-state index contributed by atoms with van der Waals surface area (Å²) < 4.78 is 13.9. The van der Waals surface area contributed by atoms with Gasteiger partial charge >= 0.3 is 0 Å². The average Bonchev–Trinajstić information content (AvgIpc) is 2.60. The number of aryl methyl sites for hydroxylation is 2. The number of carbonyl (C=O) groups excluding carboxylic acids is 2. The first-order valence-corrected chi connectivity index (χ1v) is 8.42. The number of amides is 2. The molecule has 0 spiro atoms. The van der Waals surface area contributed by atoms with Gasteiger partial charge in [0.15, 0.2) is 0 Å². The van der Waals surface area contributed by atoms with Crippen LogP contribution in [0.25, 0.3) is 11.0 Å². The number of nitrogens with one attached hydrogen (secondary N) is 2. The molecule has 0 aliphatic rings. The van der Waals surface area contributed by atoms with Gasteiger partial charge in [-0.2, -0.15) is 0 Å². The van der Waals surface area contributed by atoms with E-state index in [4.69, 9.17) is 0 Å². The molecule has 3 rings (SSSR count). The second-order valence-electron chi connectivity index (χ2n) is 6.28.